The van der Waals surface area contributed by atoms with E-state index >= 15 is 0 Å². The predicted molar refractivity (Wildman–Crippen MR) is 75.7 cm³/mol. The number of para-hydroxylation sites is 1. The molecule has 0 aromatic heterocycles. The summed E-state index contributed by atoms with van der Waals surface area (Å²) in [6.45, 7) is 4.48. The van der Waals surface area contributed by atoms with E-state index in [0.717, 1.165) is 31.7 Å². The van der Waals surface area contributed by atoms with Crippen LogP contribution in [0.25, 0.3) is 0 Å². The lowest BCUT2D eigenvalue weighted by Gasteiger charge is -2.26. The van der Waals surface area contributed by atoms with Gasteiger partial charge >= 0.3 is 0 Å². The standard InChI is InChI=1S/C11H15N3O2.2ClH/c15-14(16)11-4-2-1-3-10(11)9-13-7-5-12-6-8-13;;/h1-4,12H,5-9H2;2*1H. The fourth-order valence-electron chi connectivity index (χ4n) is 1.93. The highest BCUT2D eigenvalue weighted by molar-refractivity contribution is 5.85. The first-order valence-electron chi connectivity index (χ1n) is 5.43. The number of halogens is 2. The molecule has 0 unspecified atom stereocenters. The van der Waals surface area contributed by atoms with Crippen LogP contribution >= 0.6 is 24.8 Å². The third-order valence-corrected chi connectivity index (χ3v) is 2.79. The highest BCUT2D eigenvalue weighted by Gasteiger charge is 2.16. The minimum absolute atomic E-state index is 0. The highest BCUT2D eigenvalue weighted by Crippen LogP contribution is 2.19. The average molecular weight is 294 g/mol. The zero-order valence-electron chi connectivity index (χ0n) is 9.87. The molecule has 1 aromatic rings. The Labute approximate surface area is 119 Å². The topological polar surface area (TPSA) is 58.4 Å². The van der Waals surface area contributed by atoms with Crippen molar-refractivity contribution in [2.24, 2.45) is 0 Å². The molecule has 102 valence electrons. The molecule has 1 N–H and O–H groups in total. The quantitative estimate of drug-likeness (QED) is 0.682. The summed E-state index contributed by atoms with van der Waals surface area (Å²) in [5, 5.41) is 14.1. The van der Waals surface area contributed by atoms with E-state index in [2.05, 4.69) is 10.2 Å². The van der Waals surface area contributed by atoms with Gasteiger partial charge in [0.05, 0.1) is 4.92 Å². The van der Waals surface area contributed by atoms with E-state index in [0.29, 0.717) is 6.54 Å². The number of nitro benzene ring substituents is 1. The molecule has 1 aliphatic heterocycles. The minimum Gasteiger partial charge on any atom is -0.314 e. The summed E-state index contributed by atoms with van der Waals surface area (Å²) in [5.41, 5.74) is 1.02. The molecule has 0 atom stereocenters. The Bertz CT molecular complexity index is 384. The largest absolute Gasteiger partial charge is 0.314 e. The third kappa shape index (κ3) is 4.42. The molecule has 18 heavy (non-hydrogen) atoms. The Hall–Kier alpha value is -0.880. The second-order valence-electron chi connectivity index (χ2n) is 3.91. The van der Waals surface area contributed by atoms with Gasteiger partial charge in [-0.1, -0.05) is 18.2 Å². The van der Waals surface area contributed by atoms with Gasteiger partial charge in [-0.3, -0.25) is 15.0 Å². The van der Waals surface area contributed by atoms with Crippen LogP contribution in [0, 0.1) is 10.1 Å². The fraction of sp³-hybridized carbons (Fsp3) is 0.455. The third-order valence-electron chi connectivity index (χ3n) is 2.79. The van der Waals surface area contributed by atoms with Crippen molar-refractivity contribution in [3.05, 3.63) is 39.9 Å². The fourth-order valence-corrected chi connectivity index (χ4v) is 1.93. The van der Waals surface area contributed by atoms with Gasteiger partial charge in [0.15, 0.2) is 0 Å². The molecular formula is C11H17Cl2N3O2. The van der Waals surface area contributed by atoms with Gasteiger partial charge in [-0.2, -0.15) is 0 Å². The van der Waals surface area contributed by atoms with Crippen LogP contribution in [0.2, 0.25) is 0 Å². The van der Waals surface area contributed by atoms with Crippen molar-refractivity contribution in [1.82, 2.24) is 10.2 Å². The van der Waals surface area contributed by atoms with E-state index in [1.807, 2.05) is 12.1 Å². The van der Waals surface area contributed by atoms with Crippen molar-refractivity contribution < 1.29 is 4.92 Å². The van der Waals surface area contributed by atoms with Crippen molar-refractivity contribution >= 4 is 30.5 Å². The van der Waals surface area contributed by atoms with E-state index in [9.17, 15) is 10.1 Å². The molecule has 1 fully saturated rings. The molecule has 1 heterocycles. The number of nitro groups is 1. The molecule has 7 heteroatoms. The van der Waals surface area contributed by atoms with Crippen LogP contribution in [-0.4, -0.2) is 36.0 Å². The van der Waals surface area contributed by atoms with E-state index in [-0.39, 0.29) is 35.4 Å². The number of hydrogen-bond donors (Lipinski definition) is 1. The van der Waals surface area contributed by atoms with Gasteiger partial charge in [-0.25, -0.2) is 0 Å². The van der Waals surface area contributed by atoms with E-state index in [1.54, 1.807) is 12.1 Å². The van der Waals surface area contributed by atoms with Gasteiger partial charge in [0.1, 0.15) is 0 Å². The second kappa shape index (κ2) is 8.26. The number of nitrogens with zero attached hydrogens (tertiary/aromatic N) is 2. The van der Waals surface area contributed by atoms with Crippen LogP contribution in [0.3, 0.4) is 0 Å². The van der Waals surface area contributed by atoms with E-state index in [1.165, 1.54) is 0 Å². The zero-order chi connectivity index (χ0) is 11.4. The Balaban J connectivity index is 0.00000144. The van der Waals surface area contributed by atoms with Gasteiger partial charge < -0.3 is 5.32 Å². The molecule has 0 amide bonds. The summed E-state index contributed by atoms with van der Waals surface area (Å²) in [7, 11) is 0. The molecule has 0 radical (unpaired) electrons. The molecule has 1 aromatic carbocycles. The van der Waals surface area contributed by atoms with Crippen molar-refractivity contribution in [3.63, 3.8) is 0 Å². The first-order chi connectivity index (χ1) is 7.77. The van der Waals surface area contributed by atoms with Crippen molar-refractivity contribution in [3.8, 4) is 0 Å². The maximum absolute atomic E-state index is 10.8. The predicted octanol–water partition coefficient (Wildman–Crippen LogP) is 1.84. The summed E-state index contributed by atoms with van der Waals surface area (Å²) >= 11 is 0. The van der Waals surface area contributed by atoms with Gasteiger partial charge in [-0.05, 0) is 0 Å². The first kappa shape index (κ1) is 17.1. The lowest BCUT2D eigenvalue weighted by molar-refractivity contribution is -0.385. The summed E-state index contributed by atoms with van der Waals surface area (Å²) in [6, 6.07) is 6.96. The van der Waals surface area contributed by atoms with Gasteiger partial charge in [0.25, 0.3) is 5.69 Å². The van der Waals surface area contributed by atoms with Crippen LogP contribution in [0.5, 0.6) is 0 Å². The maximum Gasteiger partial charge on any atom is 0.273 e. The Morgan fingerprint density at radius 2 is 1.83 bits per heavy atom. The van der Waals surface area contributed by atoms with Crippen molar-refractivity contribution in [2.45, 2.75) is 6.54 Å². The number of nitrogens with one attached hydrogen (secondary N) is 1. The SMILES string of the molecule is Cl.Cl.O=[N+]([O-])c1ccccc1CN1CCNCC1. The second-order valence-corrected chi connectivity index (χ2v) is 3.91. The van der Waals surface area contributed by atoms with Gasteiger partial charge in [0, 0.05) is 44.4 Å². The van der Waals surface area contributed by atoms with Gasteiger partial charge in [0.2, 0.25) is 0 Å². The molecule has 0 aliphatic carbocycles. The Kier molecular flexibility index (Phi) is 7.86. The monoisotopic (exact) mass is 293 g/mol. The van der Waals surface area contributed by atoms with Crippen molar-refractivity contribution in [2.75, 3.05) is 26.2 Å². The maximum atomic E-state index is 10.8. The smallest absolute Gasteiger partial charge is 0.273 e. The molecule has 0 spiro atoms. The van der Waals surface area contributed by atoms with Gasteiger partial charge in [-0.15, -0.1) is 24.8 Å². The number of rotatable bonds is 3. The Morgan fingerprint density at radius 3 is 2.44 bits per heavy atom. The molecule has 5 nitrogen and oxygen atoms in total. The summed E-state index contributed by atoms with van der Waals surface area (Å²) in [4.78, 5) is 12.8. The van der Waals surface area contributed by atoms with Crippen LogP contribution in [-0.2, 0) is 6.54 Å². The summed E-state index contributed by atoms with van der Waals surface area (Å²) in [6.07, 6.45) is 0. The Morgan fingerprint density at radius 1 is 1.22 bits per heavy atom. The molecular weight excluding hydrogens is 277 g/mol. The first-order valence-corrected chi connectivity index (χ1v) is 5.43. The van der Waals surface area contributed by atoms with Crippen LogP contribution in [0.1, 0.15) is 5.56 Å². The molecule has 0 saturated carbocycles. The minimum atomic E-state index is -0.308. The van der Waals surface area contributed by atoms with Crippen LogP contribution in [0.4, 0.5) is 5.69 Å². The zero-order valence-corrected chi connectivity index (χ0v) is 11.5. The summed E-state index contributed by atoms with van der Waals surface area (Å²) < 4.78 is 0. The normalized spacial score (nSPS) is 15.3. The lowest BCUT2D eigenvalue weighted by Crippen LogP contribution is -2.42. The average Bonchev–Trinajstić information content (AvgIpc) is 2.31. The van der Waals surface area contributed by atoms with E-state index in [4.69, 9.17) is 0 Å². The lowest BCUT2D eigenvalue weighted by atomic mass is 10.1. The molecule has 2 rings (SSSR count). The van der Waals surface area contributed by atoms with Crippen LogP contribution < -0.4 is 5.32 Å². The van der Waals surface area contributed by atoms with E-state index < -0.39 is 0 Å². The highest BCUT2D eigenvalue weighted by atomic mass is 35.5. The molecule has 1 saturated heterocycles. The number of benzene rings is 1. The van der Waals surface area contributed by atoms with Crippen molar-refractivity contribution in [1.29, 1.82) is 0 Å². The number of hydrogen-bond acceptors (Lipinski definition) is 4. The molecule has 1 aliphatic rings. The molecule has 0 bridgehead atoms. The van der Waals surface area contributed by atoms with Crippen LogP contribution in [0.15, 0.2) is 24.3 Å². The summed E-state index contributed by atoms with van der Waals surface area (Å²) in [5.74, 6) is 0. The number of piperazine rings is 1.